The second kappa shape index (κ2) is 5.96. The van der Waals surface area contributed by atoms with E-state index in [-0.39, 0.29) is 0 Å². The molecule has 0 saturated heterocycles. The van der Waals surface area contributed by atoms with Gasteiger partial charge in [-0.2, -0.15) is 13.2 Å². The molecule has 1 nitrogen and oxygen atoms in total. The third-order valence-electron chi connectivity index (χ3n) is 2.63. The molecule has 0 aliphatic rings. The van der Waals surface area contributed by atoms with Crippen molar-refractivity contribution in [1.29, 1.82) is 0 Å². The Morgan fingerprint density at radius 1 is 1.15 bits per heavy atom. The van der Waals surface area contributed by atoms with E-state index in [1.807, 2.05) is 0 Å². The van der Waals surface area contributed by atoms with E-state index in [1.54, 1.807) is 6.07 Å². The molecule has 2 N–H and O–H groups in total. The van der Waals surface area contributed by atoms with Gasteiger partial charge in [0.15, 0.2) is 0 Å². The van der Waals surface area contributed by atoms with Gasteiger partial charge in [-0.05, 0) is 45.8 Å². The topological polar surface area (TPSA) is 26.0 Å². The minimum absolute atomic E-state index is 0.366. The Hall–Kier alpha value is -0.0800. The van der Waals surface area contributed by atoms with Gasteiger partial charge in [0.25, 0.3) is 0 Å². The molecule has 0 spiro atoms. The van der Waals surface area contributed by atoms with Crippen LogP contribution in [0.3, 0.4) is 0 Å². The first-order valence-electron chi connectivity index (χ1n) is 5.27. The SMILES string of the molecule is NC(c1cc(Br)c(Cl)s1)c1cc(C(F)(F)F)ccc1Br. The molecule has 2 rings (SSSR count). The summed E-state index contributed by atoms with van der Waals surface area (Å²) in [6.07, 6.45) is -4.40. The zero-order valence-electron chi connectivity index (χ0n) is 9.64. The van der Waals surface area contributed by atoms with E-state index in [1.165, 1.54) is 17.4 Å². The molecule has 0 aliphatic carbocycles. The second-order valence-corrected chi connectivity index (χ2v) is 7.38. The maximum atomic E-state index is 12.8. The lowest BCUT2D eigenvalue weighted by Gasteiger charge is -2.15. The number of hydrogen-bond acceptors (Lipinski definition) is 2. The van der Waals surface area contributed by atoms with Crippen LogP contribution in [-0.4, -0.2) is 0 Å². The van der Waals surface area contributed by atoms with Gasteiger partial charge in [0.05, 0.1) is 11.6 Å². The number of halogens is 6. The molecule has 0 saturated carbocycles. The van der Waals surface area contributed by atoms with Crippen molar-refractivity contribution in [1.82, 2.24) is 0 Å². The highest BCUT2D eigenvalue weighted by molar-refractivity contribution is 9.10. The quantitative estimate of drug-likeness (QED) is 0.599. The fourth-order valence-electron chi connectivity index (χ4n) is 1.63. The van der Waals surface area contributed by atoms with Crippen LogP contribution in [0.2, 0.25) is 4.34 Å². The number of alkyl halides is 3. The number of benzene rings is 1. The Balaban J connectivity index is 2.46. The summed E-state index contributed by atoms with van der Waals surface area (Å²) < 4.78 is 40.0. The maximum absolute atomic E-state index is 12.8. The minimum Gasteiger partial charge on any atom is -0.320 e. The van der Waals surface area contributed by atoms with Crippen molar-refractivity contribution in [2.45, 2.75) is 12.2 Å². The van der Waals surface area contributed by atoms with Crippen LogP contribution in [0.1, 0.15) is 22.0 Å². The Kier molecular flexibility index (Phi) is 4.86. The van der Waals surface area contributed by atoms with E-state index in [0.717, 1.165) is 12.1 Å². The van der Waals surface area contributed by atoms with Crippen molar-refractivity contribution in [3.8, 4) is 0 Å². The lowest BCUT2D eigenvalue weighted by atomic mass is 10.0. The van der Waals surface area contributed by atoms with Gasteiger partial charge >= 0.3 is 6.18 Å². The van der Waals surface area contributed by atoms with Crippen molar-refractivity contribution in [2.24, 2.45) is 5.73 Å². The third-order valence-corrected chi connectivity index (χ3v) is 5.91. The third kappa shape index (κ3) is 3.39. The molecule has 0 bridgehead atoms. The monoisotopic (exact) mass is 447 g/mol. The maximum Gasteiger partial charge on any atom is 0.416 e. The molecule has 0 fully saturated rings. The average Bonchev–Trinajstić information content (AvgIpc) is 2.68. The summed E-state index contributed by atoms with van der Waals surface area (Å²) in [6, 6.07) is 4.45. The molecule has 1 heterocycles. The standard InChI is InChI=1S/C12H7Br2ClF3NS/c13-7-2-1-5(12(16,17)18)3-6(7)10(19)9-4-8(14)11(15)20-9/h1-4,10H,19H2. The molecular weight excluding hydrogens is 442 g/mol. The number of rotatable bonds is 2. The van der Waals surface area contributed by atoms with E-state index in [0.29, 0.717) is 23.7 Å². The normalized spacial score (nSPS) is 13.6. The van der Waals surface area contributed by atoms with E-state index in [9.17, 15) is 13.2 Å². The summed E-state index contributed by atoms with van der Waals surface area (Å²) in [5.74, 6) is 0. The molecule has 0 aliphatic heterocycles. The smallest absolute Gasteiger partial charge is 0.320 e. The zero-order chi connectivity index (χ0) is 15.1. The Morgan fingerprint density at radius 2 is 1.80 bits per heavy atom. The average molecular weight is 450 g/mol. The largest absolute Gasteiger partial charge is 0.416 e. The Bertz CT molecular complexity index is 623. The van der Waals surface area contributed by atoms with Gasteiger partial charge in [-0.1, -0.05) is 27.5 Å². The van der Waals surface area contributed by atoms with Crippen molar-refractivity contribution in [3.05, 3.63) is 53.6 Å². The first-order valence-corrected chi connectivity index (χ1v) is 8.05. The van der Waals surface area contributed by atoms with Crippen molar-refractivity contribution >= 4 is 54.8 Å². The molecule has 1 atom stereocenters. The highest BCUT2D eigenvalue weighted by Gasteiger charge is 2.31. The van der Waals surface area contributed by atoms with E-state index >= 15 is 0 Å². The molecule has 1 unspecified atom stereocenters. The molecule has 1 aromatic heterocycles. The van der Waals surface area contributed by atoms with Crippen LogP contribution in [0, 0.1) is 0 Å². The highest BCUT2D eigenvalue weighted by Crippen LogP contribution is 2.39. The van der Waals surface area contributed by atoms with Crippen molar-refractivity contribution < 1.29 is 13.2 Å². The van der Waals surface area contributed by atoms with Gasteiger partial charge in [0.2, 0.25) is 0 Å². The second-order valence-electron chi connectivity index (χ2n) is 3.98. The predicted molar refractivity (Wildman–Crippen MR) is 82.2 cm³/mol. The molecule has 108 valence electrons. The number of hydrogen-bond donors (Lipinski definition) is 1. The van der Waals surface area contributed by atoms with Crippen LogP contribution in [0.25, 0.3) is 0 Å². The first kappa shape index (κ1) is 16.3. The van der Waals surface area contributed by atoms with Gasteiger partial charge in [-0.15, -0.1) is 11.3 Å². The van der Waals surface area contributed by atoms with Crippen LogP contribution < -0.4 is 5.73 Å². The van der Waals surface area contributed by atoms with Gasteiger partial charge in [-0.25, -0.2) is 0 Å². The molecule has 1 aromatic carbocycles. The molecule has 0 amide bonds. The summed E-state index contributed by atoms with van der Waals surface area (Å²) in [6.45, 7) is 0. The molecular formula is C12H7Br2ClF3NS. The Morgan fingerprint density at radius 3 is 2.30 bits per heavy atom. The van der Waals surface area contributed by atoms with Gasteiger partial charge in [0, 0.05) is 13.8 Å². The number of nitrogens with two attached hydrogens (primary N) is 1. The lowest BCUT2D eigenvalue weighted by Crippen LogP contribution is -2.13. The fourth-order valence-corrected chi connectivity index (χ4v) is 3.88. The lowest BCUT2D eigenvalue weighted by molar-refractivity contribution is -0.137. The first-order chi connectivity index (χ1) is 9.20. The summed E-state index contributed by atoms with van der Waals surface area (Å²) in [5, 5.41) is 0. The molecule has 2 aromatic rings. The Labute approximate surface area is 139 Å². The highest BCUT2D eigenvalue weighted by atomic mass is 79.9. The van der Waals surface area contributed by atoms with Crippen LogP contribution in [-0.2, 0) is 6.18 Å². The van der Waals surface area contributed by atoms with Crippen LogP contribution >= 0.6 is 54.8 Å². The van der Waals surface area contributed by atoms with E-state index in [4.69, 9.17) is 17.3 Å². The van der Waals surface area contributed by atoms with Crippen molar-refractivity contribution in [2.75, 3.05) is 0 Å². The van der Waals surface area contributed by atoms with E-state index < -0.39 is 17.8 Å². The van der Waals surface area contributed by atoms with Gasteiger partial charge in [0.1, 0.15) is 4.34 Å². The fraction of sp³-hybridized carbons (Fsp3) is 0.167. The van der Waals surface area contributed by atoms with Crippen LogP contribution in [0.15, 0.2) is 33.2 Å². The molecule has 0 radical (unpaired) electrons. The van der Waals surface area contributed by atoms with Crippen LogP contribution in [0.4, 0.5) is 13.2 Å². The van der Waals surface area contributed by atoms with Crippen molar-refractivity contribution in [3.63, 3.8) is 0 Å². The van der Waals surface area contributed by atoms with Crippen LogP contribution in [0.5, 0.6) is 0 Å². The molecule has 8 heteroatoms. The summed E-state index contributed by atoms with van der Waals surface area (Å²) >= 11 is 13.6. The predicted octanol–water partition coefficient (Wildman–Crippen LogP) is 5.99. The zero-order valence-corrected chi connectivity index (χ0v) is 14.4. The van der Waals surface area contributed by atoms with E-state index in [2.05, 4.69) is 31.9 Å². The number of thiophene rings is 1. The summed E-state index contributed by atoms with van der Waals surface area (Å²) in [7, 11) is 0. The summed E-state index contributed by atoms with van der Waals surface area (Å²) in [4.78, 5) is 0.682. The minimum atomic E-state index is -4.40. The van der Waals surface area contributed by atoms with Gasteiger partial charge in [-0.3, -0.25) is 0 Å². The summed E-state index contributed by atoms with van der Waals surface area (Å²) in [5.41, 5.74) is 5.68. The van der Waals surface area contributed by atoms with Gasteiger partial charge < -0.3 is 5.73 Å². The molecule has 20 heavy (non-hydrogen) atoms.